The molecule has 0 bridgehead atoms. The molecule has 0 atom stereocenters. The van der Waals surface area contributed by atoms with E-state index in [0.717, 1.165) is 11.5 Å². The van der Waals surface area contributed by atoms with E-state index in [2.05, 4.69) is 14.7 Å². The first-order valence-corrected chi connectivity index (χ1v) is 6.96. The summed E-state index contributed by atoms with van der Waals surface area (Å²) in [6.45, 7) is 0.593. The Hall–Kier alpha value is -1.08. The van der Waals surface area contributed by atoms with Crippen molar-refractivity contribution in [1.29, 1.82) is 0 Å². The van der Waals surface area contributed by atoms with Gasteiger partial charge in [0.1, 0.15) is 5.82 Å². The number of aromatic nitrogens is 2. The molecule has 0 fully saturated rings. The SMILES string of the molecule is COCCc1nsc(Nc2cc(Cl)c(N)c(Cl)c2)n1. The van der Waals surface area contributed by atoms with E-state index in [9.17, 15) is 0 Å². The van der Waals surface area contributed by atoms with Crippen LogP contribution in [-0.2, 0) is 11.2 Å². The van der Waals surface area contributed by atoms with Gasteiger partial charge in [-0.3, -0.25) is 0 Å². The van der Waals surface area contributed by atoms with Crippen LogP contribution in [0, 0.1) is 0 Å². The number of methoxy groups -OCH3 is 1. The Kier molecular flexibility index (Phi) is 4.81. The normalized spacial score (nSPS) is 10.7. The van der Waals surface area contributed by atoms with Gasteiger partial charge in [0.15, 0.2) is 0 Å². The number of nitrogens with zero attached hydrogens (tertiary/aromatic N) is 2. The number of hydrogen-bond donors (Lipinski definition) is 2. The molecule has 1 heterocycles. The summed E-state index contributed by atoms with van der Waals surface area (Å²) in [5, 5.41) is 4.56. The molecule has 0 aliphatic heterocycles. The van der Waals surface area contributed by atoms with Crippen molar-refractivity contribution in [1.82, 2.24) is 9.36 Å². The van der Waals surface area contributed by atoms with E-state index in [4.69, 9.17) is 33.7 Å². The summed E-state index contributed by atoms with van der Waals surface area (Å²) in [4.78, 5) is 4.32. The van der Waals surface area contributed by atoms with Gasteiger partial charge in [0.2, 0.25) is 5.13 Å². The Morgan fingerprint density at radius 1 is 1.37 bits per heavy atom. The number of halogens is 2. The number of benzene rings is 1. The lowest BCUT2D eigenvalue weighted by Crippen LogP contribution is -1.97. The number of ether oxygens (including phenoxy) is 1. The van der Waals surface area contributed by atoms with Crippen LogP contribution >= 0.6 is 34.7 Å². The number of nitrogens with two attached hydrogens (primary N) is 1. The van der Waals surface area contributed by atoms with Gasteiger partial charge in [-0.15, -0.1) is 0 Å². The molecule has 19 heavy (non-hydrogen) atoms. The second kappa shape index (κ2) is 6.38. The summed E-state index contributed by atoms with van der Waals surface area (Å²) in [6.07, 6.45) is 0.679. The van der Waals surface area contributed by atoms with E-state index in [0.29, 0.717) is 33.9 Å². The summed E-state index contributed by atoms with van der Waals surface area (Å²) in [7, 11) is 1.64. The Morgan fingerprint density at radius 3 is 2.68 bits per heavy atom. The van der Waals surface area contributed by atoms with Crippen LogP contribution in [0.5, 0.6) is 0 Å². The van der Waals surface area contributed by atoms with Gasteiger partial charge in [-0.05, 0) is 12.1 Å². The monoisotopic (exact) mass is 318 g/mol. The fourth-order valence-corrected chi connectivity index (χ4v) is 2.50. The summed E-state index contributed by atoms with van der Waals surface area (Å²) in [6, 6.07) is 3.39. The molecule has 0 spiro atoms. The van der Waals surface area contributed by atoms with Crippen molar-refractivity contribution in [3.63, 3.8) is 0 Å². The van der Waals surface area contributed by atoms with Gasteiger partial charge in [0.25, 0.3) is 0 Å². The summed E-state index contributed by atoms with van der Waals surface area (Å²) < 4.78 is 9.18. The van der Waals surface area contributed by atoms with Gasteiger partial charge in [0.05, 0.1) is 22.3 Å². The molecule has 3 N–H and O–H groups in total. The van der Waals surface area contributed by atoms with Gasteiger partial charge in [-0.25, -0.2) is 4.98 Å². The molecule has 0 saturated carbocycles. The smallest absolute Gasteiger partial charge is 0.207 e. The van der Waals surface area contributed by atoms with Crippen LogP contribution in [0.2, 0.25) is 10.0 Å². The zero-order valence-corrected chi connectivity index (χ0v) is 12.4. The van der Waals surface area contributed by atoms with E-state index in [1.807, 2.05) is 0 Å². The highest BCUT2D eigenvalue weighted by Crippen LogP contribution is 2.32. The Labute approximate surface area is 124 Å². The molecule has 0 radical (unpaired) electrons. The van der Waals surface area contributed by atoms with E-state index in [1.165, 1.54) is 11.5 Å². The van der Waals surface area contributed by atoms with Crippen LogP contribution in [0.4, 0.5) is 16.5 Å². The van der Waals surface area contributed by atoms with E-state index in [1.54, 1.807) is 19.2 Å². The maximum atomic E-state index is 5.96. The maximum Gasteiger partial charge on any atom is 0.207 e. The average molecular weight is 319 g/mol. The predicted molar refractivity (Wildman–Crippen MR) is 79.6 cm³/mol. The number of hydrogen-bond acceptors (Lipinski definition) is 6. The van der Waals surface area contributed by atoms with Crippen molar-refractivity contribution >= 4 is 51.2 Å². The molecule has 102 valence electrons. The third kappa shape index (κ3) is 3.70. The minimum atomic E-state index is 0.368. The van der Waals surface area contributed by atoms with Crippen molar-refractivity contribution in [2.45, 2.75) is 6.42 Å². The first-order valence-electron chi connectivity index (χ1n) is 5.43. The van der Waals surface area contributed by atoms with E-state index >= 15 is 0 Å². The van der Waals surface area contributed by atoms with Crippen molar-refractivity contribution in [3.8, 4) is 0 Å². The Balaban J connectivity index is 2.10. The van der Waals surface area contributed by atoms with E-state index < -0.39 is 0 Å². The van der Waals surface area contributed by atoms with Gasteiger partial charge < -0.3 is 15.8 Å². The number of anilines is 3. The van der Waals surface area contributed by atoms with Crippen LogP contribution < -0.4 is 11.1 Å². The highest BCUT2D eigenvalue weighted by atomic mass is 35.5. The Bertz CT molecular complexity index is 553. The first-order chi connectivity index (χ1) is 9.10. The topological polar surface area (TPSA) is 73.1 Å². The number of nitrogen functional groups attached to an aromatic ring is 1. The van der Waals surface area contributed by atoms with Gasteiger partial charge in [0, 0.05) is 30.8 Å². The molecule has 1 aromatic carbocycles. The molecule has 5 nitrogen and oxygen atoms in total. The standard InChI is InChI=1S/C11H12Cl2N4OS/c1-18-3-2-9-16-11(19-17-9)15-6-4-7(12)10(14)8(13)5-6/h4-5H,2-3,14H2,1H3,(H,15,16,17). The van der Waals surface area contributed by atoms with E-state index in [-0.39, 0.29) is 0 Å². The quantitative estimate of drug-likeness (QED) is 0.827. The van der Waals surface area contributed by atoms with Crippen LogP contribution in [0.1, 0.15) is 5.82 Å². The summed E-state index contributed by atoms with van der Waals surface area (Å²) in [5.74, 6) is 0.738. The summed E-state index contributed by atoms with van der Waals surface area (Å²) >= 11 is 13.2. The molecular formula is C11H12Cl2N4OS. The van der Waals surface area contributed by atoms with Crippen molar-refractivity contribution < 1.29 is 4.74 Å². The minimum Gasteiger partial charge on any atom is -0.396 e. The lowest BCUT2D eigenvalue weighted by atomic mass is 10.3. The van der Waals surface area contributed by atoms with Crippen LogP contribution in [0.25, 0.3) is 0 Å². The highest BCUT2D eigenvalue weighted by molar-refractivity contribution is 7.09. The summed E-state index contributed by atoms with van der Waals surface area (Å²) in [5.41, 5.74) is 6.76. The van der Waals surface area contributed by atoms with Crippen molar-refractivity contribution in [2.75, 3.05) is 24.8 Å². The third-order valence-corrected chi connectivity index (χ3v) is 3.62. The fraction of sp³-hybridized carbons (Fsp3) is 0.273. The molecule has 8 heteroatoms. The maximum absolute atomic E-state index is 5.96. The van der Waals surface area contributed by atoms with Crippen molar-refractivity contribution in [2.24, 2.45) is 0 Å². The molecule has 0 amide bonds. The Morgan fingerprint density at radius 2 is 2.05 bits per heavy atom. The lowest BCUT2D eigenvalue weighted by Gasteiger charge is -2.06. The average Bonchev–Trinajstić information content (AvgIpc) is 2.81. The molecule has 2 rings (SSSR count). The predicted octanol–water partition coefficient (Wildman–Crippen LogP) is 3.36. The highest BCUT2D eigenvalue weighted by Gasteiger charge is 2.08. The van der Waals surface area contributed by atoms with Crippen LogP contribution in [-0.4, -0.2) is 23.1 Å². The second-order valence-corrected chi connectivity index (χ2v) is 5.30. The van der Waals surface area contributed by atoms with Crippen LogP contribution in [0.3, 0.4) is 0 Å². The zero-order chi connectivity index (χ0) is 13.8. The van der Waals surface area contributed by atoms with Crippen molar-refractivity contribution in [3.05, 3.63) is 28.0 Å². The number of rotatable bonds is 5. The number of nitrogens with one attached hydrogen (secondary N) is 1. The first kappa shape index (κ1) is 14.3. The molecule has 2 aromatic rings. The third-order valence-electron chi connectivity index (χ3n) is 2.33. The second-order valence-electron chi connectivity index (χ2n) is 3.74. The molecule has 0 unspecified atom stereocenters. The molecule has 0 aliphatic carbocycles. The van der Waals surface area contributed by atoms with Gasteiger partial charge >= 0.3 is 0 Å². The molecular weight excluding hydrogens is 307 g/mol. The lowest BCUT2D eigenvalue weighted by molar-refractivity contribution is 0.201. The van der Waals surface area contributed by atoms with Gasteiger partial charge in [-0.2, -0.15) is 4.37 Å². The fourth-order valence-electron chi connectivity index (χ4n) is 1.38. The molecule has 1 aromatic heterocycles. The zero-order valence-electron chi connectivity index (χ0n) is 10.1. The minimum absolute atomic E-state index is 0.368. The van der Waals surface area contributed by atoms with Gasteiger partial charge in [-0.1, -0.05) is 23.2 Å². The largest absolute Gasteiger partial charge is 0.396 e. The van der Waals surface area contributed by atoms with Crippen LogP contribution in [0.15, 0.2) is 12.1 Å². The molecule has 0 saturated heterocycles. The molecule has 0 aliphatic rings.